The quantitative estimate of drug-likeness (QED) is 0.824. The van der Waals surface area contributed by atoms with E-state index in [2.05, 4.69) is 22.3 Å². The molecule has 138 valence electrons. The number of hydrogen-bond acceptors (Lipinski definition) is 4. The van der Waals surface area contributed by atoms with E-state index in [0.29, 0.717) is 13.2 Å². The van der Waals surface area contributed by atoms with Crippen LogP contribution in [-0.2, 0) is 16.1 Å². The van der Waals surface area contributed by atoms with Gasteiger partial charge >= 0.3 is 0 Å². The average Bonchev–Trinajstić information content (AvgIpc) is 3.14. The Morgan fingerprint density at radius 3 is 2.88 bits per heavy atom. The first-order valence-electron chi connectivity index (χ1n) is 9.58. The molecule has 0 spiro atoms. The summed E-state index contributed by atoms with van der Waals surface area (Å²) in [6, 6.07) is 8.30. The summed E-state index contributed by atoms with van der Waals surface area (Å²) in [4.78, 5) is 14.8. The van der Waals surface area contributed by atoms with E-state index in [-0.39, 0.29) is 17.9 Å². The van der Waals surface area contributed by atoms with Crippen molar-refractivity contribution in [3.8, 4) is 5.75 Å². The van der Waals surface area contributed by atoms with Gasteiger partial charge in [0.1, 0.15) is 5.75 Å². The Hall–Kier alpha value is -1.59. The summed E-state index contributed by atoms with van der Waals surface area (Å²) >= 11 is 0. The van der Waals surface area contributed by atoms with Crippen molar-refractivity contribution in [3.63, 3.8) is 0 Å². The van der Waals surface area contributed by atoms with Gasteiger partial charge in [0.15, 0.2) is 0 Å². The van der Waals surface area contributed by atoms with Gasteiger partial charge in [-0.05, 0) is 63.4 Å². The predicted octanol–water partition coefficient (Wildman–Crippen LogP) is 2.59. The minimum Gasteiger partial charge on any atom is -0.494 e. The number of carbonyl (C=O) groups is 1. The number of hydrogen-bond donors (Lipinski definition) is 1. The van der Waals surface area contributed by atoms with E-state index < -0.39 is 0 Å². The molecule has 0 radical (unpaired) electrons. The topological polar surface area (TPSA) is 50.8 Å². The van der Waals surface area contributed by atoms with Gasteiger partial charge in [-0.3, -0.25) is 9.69 Å². The molecule has 1 aromatic carbocycles. The molecule has 3 rings (SSSR count). The molecule has 1 atom stereocenters. The number of ether oxygens (including phenoxy) is 2. The smallest absolute Gasteiger partial charge is 0.223 e. The number of likely N-dealkylation sites (tertiary alicyclic amines) is 1. The van der Waals surface area contributed by atoms with E-state index in [0.717, 1.165) is 57.7 Å². The zero-order valence-electron chi connectivity index (χ0n) is 15.2. The molecule has 1 unspecified atom stereocenters. The number of nitrogens with zero attached hydrogens (tertiary/aromatic N) is 1. The monoisotopic (exact) mass is 346 g/mol. The third kappa shape index (κ3) is 5.44. The van der Waals surface area contributed by atoms with E-state index in [1.54, 1.807) is 0 Å². The molecule has 2 saturated heterocycles. The van der Waals surface area contributed by atoms with Crippen molar-refractivity contribution in [1.29, 1.82) is 0 Å². The van der Waals surface area contributed by atoms with Crippen molar-refractivity contribution >= 4 is 5.91 Å². The normalized spacial score (nSPS) is 22.0. The van der Waals surface area contributed by atoms with Crippen LogP contribution in [0.1, 0.15) is 38.2 Å². The minimum atomic E-state index is 0.146. The summed E-state index contributed by atoms with van der Waals surface area (Å²) in [5.41, 5.74) is 1.27. The van der Waals surface area contributed by atoms with E-state index in [1.807, 2.05) is 19.1 Å². The standard InChI is InChI=1S/C20H30N2O3/c1-2-24-18-6-3-5-16(13-18)15-22-10-8-17(9-11-22)20(23)21-14-19-7-4-12-25-19/h3,5-6,13,17,19H,2,4,7-12,14-15H2,1H3,(H,21,23). The number of piperidine rings is 1. The van der Waals surface area contributed by atoms with Crippen LogP contribution in [0, 0.1) is 5.92 Å². The number of nitrogens with one attached hydrogen (secondary N) is 1. The van der Waals surface area contributed by atoms with Gasteiger partial charge in [0.05, 0.1) is 12.7 Å². The van der Waals surface area contributed by atoms with E-state index in [1.165, 1.54) is 5.56 Å². The lowest BCUT2D eigenvalue weighted by atomic mass is 9.95. The Bertz CT molecular complexity index is 550. The molecular formula is C20H30N2O3. The number of benzene rings is 1. The summed E-state index contributed by atoms with van der Waals surface area (Å²) in [5, 5.41) is 3.08. The Kier molecular flexibility index (Phi) is 6.70. The second kappa shape index (κ2) is 9.20. The van der Waals surface area contributed by atoms with Crippen molar-refractivity contribution in [2.45, 2.75) is 45.3 Å². The van der Waals surface area contributed by atoms with E-state index >= 15 is 0 Å². The molecule has 0 bridgehead atoms. The minimum absolute atomic E-state index is 0.146. The maximum Gasteiger partial charge on any atom is 0.223 e. The summed E-state index contributed by atoms with van der Waals surface area (Å²) < 4.78 is 11.1. The van der Waals surface area contributed by atoms with Crippen LogP contribution < -0.4 is 10.1 Å². The summed E-state index contributed by atoms with van der Waals surface area (Å²) in [6.07, 6.45) is 4.27. The number of rotatable bonds is 7. The third-order valence-corrected chi connectivity index (χ3v) is 5.10. The van der Waals surface area contributed by atoms with E-state index in [9.17, 15) is 4.79 Å². The van der Waals surface area contributed by atoms with Crippen molar-refractivity contribution in [2.75, 3.05) is 32.8 Å². The first-order chi connectivity index (χ1) is 12.2. The molecule has 0 aromatic heterocycles. The second-order valence-electron chi connectivity index (χ2n) is 7.01. The molecule has 0 saturated carbocycles. The Morgan fingerprint density at radius 2 is 2.16 bits per heavy atom. The molecule has 25 heavy (non-hydrogen) atoms. The average molecular weight is 346 g/mol. The fraction of sp³-hybridized carbons (Fsp3) is 0.650. The lowest BCUT2D eigenvalue weighted by Crippen LogP contribution is -2.42. The predicted molar refractivity (Wildman–Crippen MR) is 97.6 cm³/mol. The van der Waals surface area contributed by atoms with Crippen LogP contribution in [0.3, 0.4) is 0 Å². The van der Waals surface area contributed by atoms with Crippen LogP contribution in [-0.4, -0.2) is 49.8 Å². The maximum absolute atomic E-state index is 12.3. The van der Waals surface area contributed by atoms with Gasteiger partial charge in [-0.15, -0.1) is 0 Å². The molecule has 2 aliphatic rings. The van der Waals surface area contributed by atoms with Gasteiger partial charge in [-0.1, -0.05) is 12.1 Å². The third-order valence-electron chi connectivity index (χ3n) is 5.10. The highest BCUT2D eigenvalue weighted by Gasteiger charge is 2.26. The van der Waals surface area contributed by atoms with Crippen LogP contribution in [0.15, 0.2) is 24.3 Å². The molecule has 1 amide bonds. The Balaban J connectivity index is 1.40. The van der Waals surface area contributed by atoms with Gasteiger partial charge in [0.25, 0.3) is 0 Å². The highest BCUT2D eigenvalue weighted by Crippen LogP contribution is 2.21. The molecule has 0 aliphatic carbocycles. The fourth-order valence-electron chi connectivity index (χ4n) is 3.68. The molecule has 2 fully saturated rings. The molecular weight excluding hydrogens is 316 g/mol. The molecule has 1 N–H and O–H groups in total. The highest BCUT2D eigenvalue weighted by molar-refractivity contribution is 5.78. The van der Waals surface area contributed by atoms with Crippen molar-refractivity contribution in [2.24, 2.45) is 5.92 Å². The maximum atomic E-state index is 12.3. The summed E-state index contributed by atoms with van der Waals surface area (Å²) in [5.74, 6) is 1.28. The van der Waals surface area contributed by atoms with E-state index in [4.69, 9.17) is 9.47 Å². The largest absolute Gasteiger partial charge is 0.494 e. The van der Waals surface area contributed by atoms with Crippen LogP contribution >= 0.6 is 0 Å². The Labute approximate surface area is 150 Å². The van der Waals surface area contributed by atoms with Crippen molar-refractivity contribution in [3.05, 3.63) is 29.8 Å². The zero-order chi connectivity index (χ0) is 17.5. The molecule has 2 aliphatic heterocycles. The van der Waals surface area contributed by atoms with Crippen LogP contribution in [0.25, 0.3) is 0 Å². The summed E-state index contributed by atoms with van der Waals surface area (Å²) in [6.45, 7) is 7.06. The van der Waals surface area contributed by atoms with Gasteiger partial charge in [-0.2, -0.15) is 0 Å². The van der Waals surface area contributed by atoms with Crippen molar-refractivity contribution in [1.82, 2.24) is 10.2 Å². The van der Waals surface area contributed by atoms with Gasteiger partial charge < -0.3 is 14.8 Å². The molecule has 2 heterocycles. The Morgan fingerprint density at radius 1 is 1.32 bits per heavy atom. The van der Waals surface area contributed by atoms with Gasteiger partial charge in [0.2, 0.25) is 5.91 Å². The SMILES string of the molecule is CCOc1cccc(CN2CCC(C(=O)NCC3CCCO3)CC2)c1. The van der Waals surface area contributed by atoms with Crippen molar-refractivity contribution < 1.29 is 14.3 Å². The first-order valence-corrected chi connectivity index (χ1v) is 9.58. The van der Waals surface area contributed by atoms with Gasteiger partial charge in [-0.25, -0.2) is 0 Å². The van der Waals surface area contributed by atoms with Crippen LogP contribution in [0.4, 0.5) is 0 Å². The highest BCUT2D eigenvalue weighted by atomic mass is 16.5. The number of amides is 1. The zero-order valence-corrected chi connectivity index (χ0v) is 15.2. The van der Waals surface area contributed by atoms with Crippen LogP contribution in [0.5, 0.6) is 5.75 Å². The van der Waals surface area contributed by atoms with Gasteiger partial charge in [0, 0.05) is 25.6 Å². The lowest BCUT2D eigenvalue weighted by Gasteiger charge is -2.31. The molecule has 5 heteroatoms. The molecule has 5 nitrogen and oxygen atoms in total. The fourth-order valence-corrected chi connectivity index (χ4v) is 3.68. The number of carbonyl (C=O) groups excluding carboxylic acids is 1. The lowest BCUT2D eigenvalue weighted by molar-refractivity contribution is -0.127. The van der Waals surface area contributed by atoms with Crippen LogP contribution in [0.2, 0.25) is 0 Å². The molecule has 1 aromatic rings. The first kappa shape index (κ1) is 18.2. The second-order valence-corrected chi connectivity index (χ2v) is 7.01. The summed E-state index contributed by atoms with van der Waals surface area (Å²) in [7, 11) is 0.